The molecule has 1 aliphatic carbocycles. The smallest absolute Gasteiger partial charge is 0.146 e. The quantitative estimate of drug-likeness (QED) is 0.902. The number of nitrogens with two attached hydrogens (primary N) is 1. The zero-order valence-corrected chi connectivity index (χ0v) is 12.8. The Morgan fingerprint density at radius 1 is 0.952 bits per heavy atom. The van der Waals surface area contributed by atoms with Crippen LogP contribution in [-0.4, -0.2) is 14.1 Å². The summed E-state index contributed by atoms with van der Waals surface area (Å²) in [6.07, 6.45) is 4.88. The van der Waals surface area contributed by atoms with Crippen molar-refractivity contribution >= 4 is 11.4 Å². The Morgan fingerprint density at radius 2 is 1.62 bits per heavy atom. The highest BCUT2D eigenvalue weighted by molar-refractivity contribution is 5.64. The Labute approximate surface area is 126 Å². The van der Waals surface area contributed by atoms with Crippen molar-refractivity contribution in [2.24, 2.45) is 5.73 Å². The average Bonchev–Trinajstić information content (AvgIpc) is 2.56. The van der Waals surface area contributed by atoms with Crippen LogP contribution in [0.25, 0.3) is 0 Å². The molecule has 2 aromatic rings. The minimum Gasteiger partial charge on any atom is -0.342 e. The standard InChI is InChI=1S/C17H18FN.CH5N/c1-19(17-9-5-4-8-16(17)18)15-11-10-13-6-2-3-7-14(13)12-15;1-2/h4-5,8-12H,2-3,6-7H2,1H3;2H2,1H3. The number of rotatable bonds is 2. The van der Waals surface area contributed by atoms with Crippen molar-refractivity contribution < 1.29 is 4.39 Å². The molecule has 3 heteroatoms. The number of hydrogen-bond donors (Lipinski definition) is 1. The first kappa shape index (κ1) is 15.5. The molecule has 2 nitrogen and oxygen atoms in total. The second kappa shape index (κ2) is 7.23. The summed E-state index contributed by atoms with van der Waals surface area (Å²) in [6, 6.07) is 13.4. The molecule has 0 amide bonds. The summed E-state index contributed by atoms with van der Waals surface area (Å²) < 4.78 is 13.8. The number of fused-ring (bicyclic) bond motifs is 1. The lowest BCUT2D eigenvalue weighted by Crippen LogP contribution is -2.12. The van der Waals surface area contributed by atoms with Crippen LogP contribution in [0.4, 0.5) is 15.8 Å². The van der Waals surface area contributed by atoms with E-state index in [0.29, 0.717) is 5.69 Å². The maximum atomic E-state index is 13.8. The normalized spacial score (nSPS) is 13.0. The molecule has 0 heterocycles. The number of hydrogen-bond acceptors (Lipinski definition) is 2. The van der Waals surface area contributed by atoms with Gasteiger partial charge in [-0.05, 0) is 68.1 Å². The van der Waals surface area contributed by atoms with E-state index >= 15 is 0 Å². The molecule has 0 saturated heterocycles. The summed E-state index contributed by atoms with van der Waals surface area (Å²) in [7, 11) is 3.42. The molecule has 0 aromatic heterocycles. The van der Waals surface area contributed by atoms with Gasteiger partial charge in [0.15, 0.2) is 0 Å². The van der Waals surface area contributed by atoms with E-state index in [1.807, 2.05) is 24.1 Å². The molecule has 1 aliphatic rings. The second-order valence-electron chi connectivity index (χ2n) is 5.17. The molecule has 2 N–H and O–H groups in total. The first-order chi connectivity index (χ1) is 10.3. The van der Waals surface area contributed by atoms with Crippen LogP contribution in [0.15, 0.2) is 42.5 Å². The number of anilines is 2. The van der Waals surface area contributed by atoms with Gasteiger partial charge in [-0.15, -0.1) is 0 Å². The largest absolute Gasteiger partial charge is 0.342 e. The van der Waals surface area contributed by atoms with E-state index in [-0.39, 0.29) is 5.82 Å². The molecule has 0 spiro atoms. The highest BCUT2D eigenvalue weighted by Gasteiger charge is 2.13. The third-order valence-electron chi connectivity index (χ3n) is 3.93. The average molecular weight is 286 g/mol. The third kappa shape index (κ3) is 3.42. The van der Waals surface area contributed by atoms with Gasteiger partial charge in [0.2, 0.25) is 0 Å². The second-order valence-corrected chi connectivity index (χ2v) is 5.17. The van der Waals surface area contributed by atoms with Crippen molar-refractivity contribution in [3.05, 3.63) is 59.4 Å². The molecule has 3 rings (SSSR count). The lowest BCUT2D eigenvalue weighted by Gasteiger charge is -2.23. The van der Waals surface area contributed by atoms with Crippen LogP contribution in [0.2, 0.25) is 0 Å². The molecule has 0 saturated carbocycles. The van der Waals surface area contributed by atoms with Gasteiger partial charge < -0.3 is 10.6 Å². The van der Waals surface area contributed by atoms with E-state index < -0.39 is 0 Å². The van der Waals surface area contributed by atoms with Gasteiger partial charge in [0.25, 0.3) is 0 Å². The first-order valence-corrected chi connectivity index (χ1v) is 7.43. The summed E-state index contributed by atoms with van der Waals surface area (Å²) in [5.74, 6) is -0.178. The van der Waals surface area contributed by atoms with Crippen LogP contribution >= 0.6 is 0 Å². The molecule has 112 valence electrons. The van der Waals surface area contributed by atoms with Crippen LogP contribution in [0.3, 0.4) is 0 Å². The number of aryl methyl sites for hydroxylation is 2. The van der Waals surface area contributed by atoms with Gasteiger partial charge in [-0.1, -0.05) is 18.2 Å². The minimum absolute atomic E-state index is 0.178. The lowest BCUT2D eigenvalue weighted by atomic mass is 9.91. The first-order valence-electron chi connectivity index (χ1n) is 7.43. The van der Waals surface area contributed by atoms with Gasteiger partial charge in [0.1, 0.15) is 5.82 Å². The zero-order chi connectivity index (χ0) is 15.2. The van der Waals surface area contributed by atoms with Crippen LogP contribution < -0.4 is 10.6 Å². The summed E-state index contributed by atoms with van der Waals surface area (Å²) in [6.45, 7) is 0. The van der Waals surface area contributed by atoms with Crippen LogP contribution in [0.1, 0.15) is 24.0 Å². The molecule has 0 fully saturated rings. The molecule has 0 atom stereocenters. The highest BCUT2D eigenvalue weighted by Crippen LogP contribution is 2.30. The predicted molar refractivity (Wildman–Crippen MR) is 87.7 cm³/mol. The molecular formula is C18H23FN2. The van der Waals surface area contributed by atoms with E-state index in [2.05, 4.69) is 23.9 Å². The number of para-hydroxylation sites is 1. The summed E-state index contributed by atoms with van der Waals surface area (Å²) in [4.78, 5) is 1.92. The van der Waals surface area contributed by atoms with Gasteiger partial charge in [-0.3, -0.25) is 0 Å². The summed E-state index contributed by atoms with van der Waals surface area (Å²) >= 11 is 0. The van der Waals surface area contributed by atoms with Crippen LogP contribution in [0.5, 0.6) is 0 Å². The Kier molecular flexibility index (Phi) is 5.34. The maximum absolute atomic E-state index is 13.8. The molecule has 2 aromatic carbocycles. The van der Waals surface area contributed by atoms with Gasteiger partial charge in [-0.2, -0.15) is 0 Å². The molecule has 0 unspecified atom stereocenters. The zero-order valence-electron chi connectivity index (χ0n) is 12.8. The third-order valence-corrected chi connectivity index (χ3v) is 3.93. The van der Waals surface area contributed by atoms with Crippen molar-refractivity contribution in [3.8, 4) is 0 Å². The van der Waals surface area contributed by atoms with Gasteiger partial charge >= 0.3 is 0 Å². The summed E-state index contributed by atoms with van der Waals surface area (Å²) in [5, 5.41) is 0. The van der Waals surface area contributed by atoms with Crippen molar-refractivity contribution in [2.45, 2.75) is 25.7 Å². The fourth-order valence-corrected chi connectivity index (χ4v) is 2.79. The van der Waals surface area contributed by atoms with Crippen molar-refractivity contribution in [1.82, 2.24) is 0 Å². The highest BCUT2D eigenvalue weighted by atomic mass is 19.1. The minimum atomic E-state index is -0.178. The van der Waals surface area contributed by atoms with E-state index in [1.165, 1.54) is 43.5 Å². The predicted octanol–water partition coefficient (Wildman–Crippen LogP) is 4.05. The van der Waals surface area contributed by atoms with Crippen LogP contribution in [0, 0.1) is 5.82 Å². The molecule has 21 heavy (non-hydrogen) atoms. The fourth-order valence-electron chi connectivity index (χ4n) is 2.79. The monoisotopic (exact) mass is 286 g/mol. The van der Waals surface area contributed by atoms with E-state index in [1.54, 1.807) is 6.07 Å². The SMILES string of the molecule is CN.CN(c1ccc2c(c1)CCCC2)c1ccccc1F. The van der Waals surface area contributed by atoms with Crippen molar-refractivity contribution in [3.63, 3.8) is 0 Å². The van der Waals surface area contributed by atoms with Gasteiger partial charge in [0.05, 0.1) is 5.69 Å². The number of halogens is 1. The molecule has 0 bridgehead atoms. The molecular weight excluding hydrogens is 263 g/mol. The number of nitrogens with zero attached hydrogens (tertiary/aromatic N) is 1. The molecule has 0 aliphatic heterocycles. The van der Waals surface area contributed by atoms with Gasteiger partial charge in [0, 0.05) is 12.7 Å². The lowest BCUT2D eigenvalue weighted by molar-refractivity contribution is 0.627. The fraction of sp³-hybridized carbons (Fsp3) is 0.333. The van der Waals surface area contributed by atoms with Crippen molar-refractivity contribution in [1.29, 1.82) is 0 Å². The Hall–Kier alpha value is -1.87. The Morgan fingerprint density at radius 3 is 2.33 bits per heavy atom. The Bertz CT molecular complexity index is 596. The Balaban J connectivity index is 0.000000774. The number of benzene rings is 2. The summed E-state index contributed by atoms with van der Waals surface area (Å²) in [5.41, 5.74) is 9.06. The molecule has 0 radical (unpaired) electrons. The van der Waals surface area contributed by atoms with Gasteiger partial charge in [-0.25, -0.2) is 4.39 Å². The topological polar surface area (TPSA) is 29.3 Å². The van der Waals surface area contributed by atoms with E-state index in [0.717, 1.165) is 12.1 Å². The van der Waals surface area contributed by atoms with Crippen LogP contribution in [-0.2, 0) is 12.8 Å². The van der Waals surface area contributed by atoms with Crippen molar-refractivity contribution in [2.75, 3.05) is 19.0 Å². The van der Waals surface area contributed by atoms with E-state index in [4.69, 9.17) is 0 Å². The van der Waals surface area contributed by atoms with E-state index in [9.17, 15) is 4.39 Å². The maximum Gasteiger partial charge on any atom is 0.146 e.